The van der Waals surface area contributed by atoms with Crippen molar-refractivity contribution in [2.75, 3.05) is 7.05 Å². The van der Waals surface area contributed by atoms with Crippen LogP contribution >= 0.6 is 23.2 Å². The van der Waals surface area contributed by atoms with Crippen LogP contribution in [0.4, 0.5) is 0 Å². The fourth-order valence-corrected chi connectivity index (χ4v) is 8.70. The number of aromatic amines is 1. The summed E-state index contributed by atoms with van der Waals surface area (Å²) in [5.41, 5.74) is 2.23. The van der Waals surface area contributed by atoms with E-state index < -0.39 is 0 Å². The van der Waals surface area contributed by atoms with Crippen LogP contribution in [-0.2, 0) is 4.79 Å². The first-order valence-electron chi connectivity index (χ1n) is 12.0. The van der Waals surface area contributed by atoms with Crippen molar-refractivity contribution in [3.8, 4) is 0 Å². The molecule has 0 radical (unpaired) electrons. The molecule has 1 aromatic heterocycles. The summed E-state index contributed by atoms with van der Waals surface area (Å²) >= 11 is 12.5. The van der Waals surface area contributed by atoms with E-state index in [2.05, 4.69) is 24.9 Å². The number of hydrogen-bond acceptors (Lipinski definition) is 2. The number of hydrogen-bond donors (Lipinski definition) is 1. The maximum Gasteiger partial charge on any atom is 0.246 e. The maximum atomic E-state index is 12.3. The van der Waals surface area contributed by atoms with E-state index in [0.29, 0.717) is 33.8 Å². The number of amides is 1. The summed E-state index contributed by atoms with van der Waals surface area (Å²) in [6, 6.07) is 4.12. The third kappa shape index (κ3) is 2.75. The van der Waals surface area contributed by atoms with Crippen LogP contribution in [0.1, 0.15) is 64.1 Å². The molecule has 3 fully saturated rings. The number of nitrogens with zero attached hydrogens (tertiary/aromatic N) is 2. The van der Waals surface area contributed by atoms with E-state index in [4.69, 9.17) is 28.2 Å². The van der Waals surface area contributed by atoms with Gasteiger partial charge in [-0.1, -0.05) is 43.1 Å². The largest absolute Gasteiger partial charge is 0.342 e. The Balaban J connectivity index is 1.33. The number of benzene rings is 1. The zero-order chi connectivity index (χ0) is 22.4. The van der Waals surface area contributed by atoms with Gasteiger partial charge in [-0.15, -0.1) is 0 Å². The lowest BCUT2D eigenvalue weighted by molar-refractivity contribution is -0.138. The molecule has 1 amide bonds. The Morgan fingerprint density at radius 3 is 2.66 bits per heavy atom. The molecule has 3 saturated carbocycles. The maximum absolute atomic E-state index is 12.3. The SMILES string of the molecule is CN1C(=O)C=C[C@]2(C)C3CC[C@]4(C)[C@@H](c5nc6cc(Cl)c(Cl)cc6[nH]5)CC[C@H]4C3CC[C@@H]12. The van der Waals surface area contributed by atoms with Crippen molar-refractivity contribution in [2.45, 2.75) is 64.3 Å². The summed E-state index contributed by atoms with van der Waals surface area (Å²) in [6.07, 6.45) is 11.3. The molecule has 3 aliphatic carbocycles. The Labute approximate surface area is 199 Å². The lowest BCUT2D eigenvalue weighted by Gasteiger charge is -2.60. The quantitative estimate of drug-likeness (QED) is 0.509. The van der Waals surface area contributed by atoms with E-state index in [1.54, 1.807) is 0 Å². The molecule has 2 unspecified atom stereocenters. The third-order valence-electron chi connectivity index (χ3n) is 10.00. The molecule has 0 spiro atoms. The molecule has 6 rings (SSSR count). The molecular formula is C26H31Cl2N3O. The lowest BCUT2D eigenvalue weighted by Crippen LogP contribution is -2.59. The van der Waals surface area contributed by atoms with Gasteiger partial charge in [0.2, 0.25) is 5.91 Å². The molecule has 2 heterocycles. The van der Waals surface area contributed by atoms with Crippen molar-refractivity contribution in [1.82, 2.24) is 14.9 Å². The minimum absolute atomic E-state index is 0.0951. The second-order valence-corrected chi connectivity index (χ2v) is 12.0. The van der Waals surface area contributed by atoms with Crippen molar-refractivity contribution in [3.63, 3.8) is 0 Å². The molecule has 170 valence electrons. The molecule has 4 aliphatic rings. The van der Waals surface area contributed by atoms with Crippen LogP contribution < -0.4 is 0 Å². The van der Waals surface area contributed by atoms with Crippen molar-refractivity contribution >= 4 is 40.1 Å². The fourth-order valence-electron chi connectivity index (χ4n) is 8.38. The van der Waals surface area contributed by atoms with Gasteiger partial charge in [-0.3, -0.25) is 4.79 Å². The van der Waals surface area contributed by atoms with Crippen molar-refractivity contribution < 1.29 is 4.79 Å². The Bertz CT molecular complexity index is 1100. The molecule has 1 aliphatic heterocycles. The lowest BCUT2D eigenvalue weighted by atomic mass is 9.47. The topological polar surface area (TPSA) is 49.0 Å². The van der Waals surface area contributed by atoms with Crippen molar-refractivity contribution in [2.24, 2.45) is 28.6 Å². The summed E-state index contributed by atoms with van der Waals surface area (Å²) in [6.45, 7) is 4.93. The number of halogens is 2. The summed E-state index contributed by atoms with van der Waals surface area (Å²) in [5.74, 6) is 3.79. The zero-order valence-electron chi connectivity index (χ0n) is 19.0. The Morgan fingerprint density at radius 1 is 1.06 bits per heavy atom. The second kappa shape index (κ2) is 6.99. The summed E-state index contributed by atoms with van der Waals surface area (Å²) in [5, 5.41) is 1.13. The standard InChI is InChI=1S/C26H31Cl2N3O/c1-25-10-8-16-14(4-7-22-26(16,2)11-9-23(32)31(22)3)15(25)5-6-17(25)24-29-20-12-18(27)19(28)13-21(20)30-24/h9,11-17,22H,4-8,10H2,1-3H3,(H,29,30)/t14?,15-,16?,17+,22+,25-,26+/m0/s1. The molecule has 4 nitrogen and oxygen atoms in total. The van der Waals surface area contributed by atoms with E-state index in [0.717, 1.165) is 29.2 Å². The summed E-state index contributed by atoms with van der Waals surface area (Å²) < 4.78 is 0. The first-order valence-corrected chi connectivity index (χ1v) is 12.8. The van der Waals surface area contributed by atoms with Gasteiger partial charge in [0.05, 0.1) is 21.1 Å². The smallest absolute Gasteiger partial charge is 0.246 e. The fraction of sp³-hybridized carbons (Fsp3) is 0.615. The number of fused-ring (bicyclic) bond motifs is 6. The molecule has 2 aromatic rings. The van der Waals surface area contributed by atoms with Crippen LogP contribution in [0.2, 0.25) is 10.0 Å². The first-order chi connectivity index (χ1) is 15.2. The molecule has 32 heavy (non-hydrogen) atoms. The highest BCUT2D eigenvalue weighted by Gasteiger charge is 2.60. The highest BCUT2D eigenvalue weighted by Crippen LogP contribution is 2.67. The summed E-state index contributed by atoms with van der Waals surface area (Å²) in [4.78, 5) is 22.9. The van der Waals surface area contributed by atoms with Gasteiger partial charge in [0.25, 0.3) is 0 Å². The molecular weight excluding hydrogens is 441 g/mol. The predicted molar refractivity (Wildman–Crippen MR) is 129 cm³/mol. The zero-order valence-corrected chi connectivity index (χ0v) is 20.5. The normalized spacial score (nSPS) is 41.0. The molecule has 0 saturated heterocycles. The second-order valence-electron chi connectivity index (χ2n) is 11.2. The van der Waals surface area contributed by atoms with Gasteiger partial charge in [-0.25, -0.2) is 4.98 Å². The van der Waals surface area contributed by atoms with Gasteiger partial charge in [-0.05, 0) is 79.9 Å². The number of carbonyl (C=O) groups excluding carboxylic acids is 1. The number of H-pyrrole nitrogens is 1. The van der Waals surface area contributed by atoms with Gasteiger partial charge in [0, 0.05) is 24.4 Å². The van der Waals surface area contributed by atoms with Crippen LogP contribution in [0.25, 0.3) is 11.0 Å². The Kier molecular flexibility index (Phi) is 4.60. The van der Waals surface area contributed by atoms with Gasteiger partial charge < -0.3 is 9.88 Å². The molecule has 7 atom stereocenters. The van der Waals surface area contributed by atoms with Crippen LogP contribution in [0.15, 0.2) is 24.3 Å². The van der Waals surface area contributed by atoms with Crippen molar-refractivity contribution in [3.05, 3.63) is 40.2 Å². The molecule has 1 aromatic carbocycles. The molecule has 1 N–H and O–H groups in total. The van der Waals surface area contributed by atoms with E-state index in [9.17, 15) is 4.79 Å². The van der Waals surface area contributed by atoms with Crippen LogP contribution in [0.3, 0.4) is 0 Å². The molecule has 0 bridgehead atoms. The van der Waals surface area contributed by atoms with Gasteiger partial charge in [0.15, 0.2) is 0 Å². The van der Waals surface area contributed by atoms with Crippen LogP contribution in [0.5, 0.6) is 0 Å². The monoisotopic (exact) mass is 471 g/mol. The van der Waals surface area contributed by atoms with Gasteiger partial charge >= 0.3 is 0 Å². The number of rotatable bonds is 1. The minimum atomic E-state index is 0.0951. The van der Waals surface area contributed by atoms with E-state index in [-0.39, 0.29) is 16.7 Å². The predicted octanol–water partition coefficient (Wildman–Crippen LogP) is 6.59. The highest BCUT2D eigenvalue weighted by molar-refractivity contribution is 6.42. The van der Waals surface area contributed by atoms with Gasteiger partial charge in [-0.2, -0.15) is 0 Å². The average Bonchev–Trinajstić information content (AvgIpc) is 3.31. The Morgan fingerprint density at radius 2 is 1.84 bits per heavy atom. The van der Waals surface area contributed by atoms with E-state index in [1.807, 2.05) is 30.2 Å². The number of nitrogens with one attached hydrogen (secondary N) is 1. The third-order valence-corrected chi connectivity index (χ3v) is 10.7. The van der Waals surface area contributed by atoms with E-state index >= 15 is 0 Å². The van der Waals surface area contributed by atoms with E-state index in [1.165, 1.54) is 32.1 Å². The minimum Gasteiger partial charge on any atom is -0.342 e. The van der Waals surface area contributed by atoms with Crippen LogP contribution in [-0.4, -0.2) is 33.9 Å². The average molecular weight is 472 g/mol. The van der Waals surface area contributed by atoms with Gasteiger partial charge in [0.1, 0.15) is 5.82 Å². The number of imidazole rings is 1. The van der Waals surface area contributed by atoms with Crippen LogP contribution in [0, 0.1) is 28.6 Å². The molecule has 6 heteroatoms. The van der Waals surface area contributed by atoms with Crippen molar-refractivity contribution in [1.29, 1.82) is 0 Å². The first kappa shape index (κ1) is 21.0. The Hall–Kier alpha value is -1.52. The number of carbonyl (C=O) groups is 1. The highest BCUT2D eigenvalue weighted by atomic mass is 35.5. The number of aromatic nitrogens is 2. The summed E-state index contributed by atoms with van der Waals surface area (Å²) in [7, 11) is 1.99. The number of likely N-dealkylation sites (N-methyl/N-ethyl adjacent to an activating group) is 1.